The zero-order valence-electron chi connectivity index (χ0n) is 9.70. The average molecular weight is 407 g/mol. The largest absolute Gasteiger partial charge is 0.368 e. The van der Waals surface area contributed by atoms with E-state index in [4.69, 9.17) is 0 Å². The molecule has 2 aliphatic heterocycles. The molecule has 4 heteroatoms. The molecule has 2 nitrogen and oxygen atoms in total. The van der Waals surface area contributed by atoms with Gasteiger partial charge in [0.05, 0.1) is 5.69 Å². The summed E-state index contributed by atoms with van der Waals surface area (Å²) in [5.74, 6) is 0. The van der Waals surface area contributed by atoms with Gasteiger partial charge in [-0.3, -0.25) is 4.90 Å². The molecule has 3 rings (SSSR count). The number of benzene rings is 1. The van der Waals surface area contributed by atoms with Crippen LogP contribution in [0.4, 0.5) is 5.69 Å². The molecule has 1 atom stereocenters. The molecule has 17 heavy (non-hydrogen) atoms. The summed E-state index contributed by atoms with van der Waals surface area (Å²) in [6.45, 7) is 4.89. The van der Waals surface area contributed by atoms with E-state index < -0.39 is 0 Å². The molecule has 0 aliphatic carbocycles. The number of fused-ring (bicyclic) bond motifs is 1. The van der Waals surface area contributed by atoms with Crippen LogP contribution in [0.1, 0.15) is 12.8 Å². The standard InChI is InChI=1S/C13H16BrIN2/c14-12-8-10(15)3-4-13(12)17-7-6-16-5-1-2-11(16)9-17/h3-4,8,11H,1-2,5-7,9H2. The number of rotatable bonds is 1. The number of hydrogen-bond acceptors (Lipinski definition) is 2. The molecule has 2 heterocycles. The third-order valence-electron chi connectivity index (χ3n) is 3.84. The summed E-state index contributed by atoms with van der Waals surface area (Å²) >= 11 is 6.06. The molecule has 0 spiro atoms. The summed E-state index contributed by atoms with van der Waals surface area (Å²) in [7, 11) is 0. The van der Waals surface area contributed by atoms with Gasteiger partial charge < -0.3 is 4.90 Å². The van der Waals surface area contributed by atoms with Crippen molar-refractivity contribution in [3.05, 3.63) is 26.2 Å². The van der Waals surface area contributed by atoms with Gasteiger partial charge in [0.25, 0.3) is 0 Å². The molecule has 1 aromatic carbocycles. The maximum Gasteiger partial charge on any atom is 0.0512 e. The van der Waals surface area contributed by atoms with Crippen LogP contribution in [0.3, 0.4) is 0 Å². The predicted octanol–water partition coefficient (Wildman–Crippen LogP) is 3.34. The SMILES string of the molecule is Brc1cc(I)ccc1N1CCN2CCCC2C1. The molecule has 2 aliphatic rings. The molecule has 0 aromatic heterocycles. The summed E-state index contributed by atoms with van der Waals surface area (Å²) in [4.78, 5) is 5.18. The van der Waals surface area contributed by atoms with E-state index in [-0.39, 0.29) is 0 Å². The monoisotopic (exact) mass is 406 g/mol. The van der Waals surface area contributed by atoms with Crippen LogP contribution in [-0.2, 0) is 0 Å². The average Bonchev–Trinajstić information content (AvgIpc) is 2.75. The van der Waals surface area contributed by atoms with Gasteiger partial charge in [0, 0.05) is 33.7 Å². The van der Waals surface area contributed by atoms with Crippen molar-refractivity contribution < 1.29 is 0 Å². The van der Waals surface area contributed by atoms with E-state index >= 15 is 0 Å². The van der Waals surface area contributed by atoms with Crippen LogP contribution >= 0.6 is 38.5 Å². The first kappa shape index (κ1) is 12.2. The van der Waals surface area contributed by atoms with E-state index in [1.165, 1.54) is 46.2 Å². The molecule has 0 saturated carbocycles. The Morgan fingerprint density at radius 2 is 2.12 bits per heavy atom. The van der Waals surface area contributed by atoms with Crippen molar-refractivity contribution >= 4 is 44.2 Å². The lowest BCUT2D eigenvalue weighted by Crippen LogP contribution is -2.50. The molecular formula is C13H16BrIN2. The number of hydrogen-bond donors (Lipinski definition) is 0. The lowest BCUT2D eigenvalue weighted by atomic mass is 10.1. The van der Waals surface area contributed by atoms with Crippen molar-refractivity contribution in [2.45, 2.75) is 18.9 Å². The zero-order valence-corrected chi connectivity index (χ0v) is 13.4. The van der Waals surface area contributed by atoms with Gasteiger partial charge in [-0.2, -0.15) is 0 Å². The van der Waals surface area contributed by atoms with Crippen molar-refractivity contribution in [2.75, 3.05) is 31.1 Å². The normalized spacial score (nSPS) is 25.1. The molecule has 0 bridgehead atoms. The van der Waals surface area contributed by atoms with Crippen molar-refractivity contribution in [3.63, 3.8) is 0 Å². The molecule has 1 aromatic rings. The van der Waals surface area contributed by atoms with E-state index in [2.05, 4.69) is 66.5 Å². The molecule has 92 valence electrons. The van der Waals surface area contributed by atoms with E-state index in [9.17, 15) is 0 Å². The fourth-order valence-corrected chi connectivity index (χ4v) is 4.50. The molecule has 0 N–H and O–H groups in total. The first-order valence-electron chi connectivity index (χ1n) is 6.18. The molecule has 0 amide bonds. The minimum Gasteiger partial charge on any atom is -0.368 e. The zero-order chi connectivity index (χ0) is 11.8. The third-order valence-corrected chi connectivity index (χ3v) is 5.14. The quantitative estimate of drug-likeness (QED) is 0.660. The van der Waals surface area contributed by atoms with Gasteiger partial charge in [0.1, 0.15) is 0 Å². The first-order chi connectivity index (χ1) is 8.24. The second kappa shape index (κ2) is 5.05. The van der Waals surface area contributed by atoms with Crippen LogP contribution in [0.2, 0.25) is 0 Å². The van der Waals surface area contributed by atoms with Crippen molar-refractivity contribution in [1.29, 1.82) is 0 Å². The Labute approximate surface area is 125 Å². The van der Waals surface area contributed by atoms with E-state index in [1.54, 1.807) is 0 Å². The number of anilines is 1. The Bertz CT molecular complexity index is 424. The van der Waals surface area contributed by atoms with Crippen LogP contribution in [0, 0.1) is 3.57 Å². The third kappa shape index (κ3) is 2.49. The molecule has 2 fully saturated rings. The Balaban J connectivity index is 1.80. The Kier molecular flexibility index (Phi) is 3.64. The lowest BCUT2D eigenvalue weighted by molar-refractivity contribution is 0.231. The van der Waals surface area contributed by atoms with Gasteiger partial charge in [-0.15, -0.1) is 0 Å². The highest BCUT2D eigenvalue weighted by atomic mass is 127. The fourth-order valence-electron chi connectivity index (χ4n) is 2.95. The van der Waals surface area contributed by atoms with Crippen LogP contribution < -0.4 is 4.90 Å². The summed E-state index contributed by atoms with van der Waals surface area (Å²) in [6.07, 6.45) is 2.75. The summed E-state index contributed by atoms with van der Waals surface area (Å²) in [6, 6.07) is 7.43. The predicted molar refractivity (Wildman–Crippen MR) is 83.7 cm³/mol. The number of piperazine rings is 1. The van der Waals surface area contributed by atoms with Crippen molar-refractivity contribution in [3.8, 4) is 0 Å². The topological polar surface area (TPSA) is 6.48 Å². The summed E-state index contributed by atoms with van der Waals surface area (Å²) < 4.78 is 2.52. The van der Waals surface area contributed by atoms with Gasteiger partial charge in [0.15, 0.2) is 0 Å². The summed E-state index contributed by atoms with van der Waals surface area (Å²) in [5, 5.41) is 0. The van der Waals surface area contributed by atoms with E-state index in [1.807, 2.05) is 0 Å². The Morgan fingerprint density at radius 3 is 2.94 bits per heavy atom. The number of nitrogens with zero attached hydrogens (tertiary/aromatic N) is 2. The van der Waals surface area contributed by atoms with Crippen LogP contribution in [0.5, 0.6) is 0 Å². The van der Waals surface area contributed by atoms with Crippen LogP contribution in [0.25, 0.3) is 0 Å². The number of halogens is 2. The van der Waals surface area contributed by atoms with E-state index in [0.717, 1.165) is 12.6 Å². The first-order valence-corrected chi connectivity index (χ1v) is 8.05. The van der Waals surface area contributed by atoms with Gasteiger partial charge in [-0.25, -0.2) is 0 Å². The maximum absolute atomic E-state index is 3.70. The fraction of sp³-hybridized carbons (Fsp3) is 0.538. The lowest BCUT2D eigenvalue weighted by Gasteiger charge is -2.39. The highest BCUT2D eigenvalue weighted by molar-refractivity contribution is 14.1. The maximum atomic E-state index is 3.70. The second-order valence-corrected chi connectivity index (χ2v) is 6.97. The van der Waals surface area contributed by atoms with Gasteiger partial charge >= 0.3 is 0 Å². The van der Waals surface area contributed by atoms with Crippen molar-refractivity contribution in [2.24, 2.45) is 0 Å². The highest BCUT2D eigenvalue weighted by Crippen LogP contribution is 2.31. The molecule has 1 unspecified atom stereocenters. The molecule has 0 radical (unpaired) electrons. The van der Waals surface area contributed by atoms with E-state index in [0.29, 0.717) is 0 Å². The minimum atomic E-state index is 0.787. The van der Waals surface area contributed by atoms with Crippen molar-refractivity contribution in [1.82, 2.24) is 4.90 Å². The van der Waals surface area contributed by atoms with Crippen LogP contribution in [-0.4, -0.2) is 37.1 Å². The molecular weight excluding hydrogens is 391 g/mol. The van der Waals surface area contributed by atoms with Gasteiger partial charge in [0.2, 0.25) is 0 Å². The summed E-state index contributed by atoms with van der Waals surface area (Å²) in [5.41, 5.74) is 1.36. The Morgan fingerprint density at radius 1 is 1.24 bits per heavy atom. The highest BCUT2D eigenvalue weighted by Gasteiger charge is 2.30. The van der Waals surface area contributed by atoms with Gasteiger partial charge in [-0.05, 0) is 76.1 Å². The second-order valence-electron chi connectivity index (χ2n) is 4.87. The minimum absolute atomic E-state index is 0.787. The molecule has 2 saturated heterocycles. The van der Waals surface area contributed by atoms with Gasteiger partial charge in [-0.1, -0.05) is 0 Å². The Hall–Kier alpha value is 0.190. The van der Waals surface area contributed by atoms with Crippen LogP contribution in [0.15, 0.2) is 22.7 Å². The smallest absolute Gasteiger partial charge is 0.0512 e.